The Labute approximate surface area is 175 Å². The largest absolute Gasteiger partial charge is 0.355 e. The van der Waals surface area contributed by atoms with E-state index in [1.807, 2.05) is 25.3 Å². The minimum absolute atomic E-state index is 0.562. The van der Waals surface area contributed by atoms with E-state index in [1.165, 1.54) is 43.9 Å². The number of hydrogen-bond donors (Lipinski definition) is 0. The molecule has 144 valence electrons. The summed E-state index contributed by atoms with van der Waals surface area (Å²) in [7, 11) is 0. The first kappa shape index (κ1) is 19.4. The fourth-order valence-electron chi connectivity index (χ4n) is 4.61. The van der Waals surface area contributed by atoms with Crippen LogP contribution in [0.1, 0.15) is 44.7 Å². The van der Waals surface area contributed by atoms with Gasteiger partial charge in [0.1, 0.15) is 10.8 Å². The molecule has 1 aliphatic heterocycles. The maximum atomic E-state index is 6.31. The molecule has 1 atom stereocenters. The van der Waals surface area contributed by atoms with Crippen LogP contribution in [-0.2, 0) is 0 Å². The van der Waals surface area contributed by atoms with Crippen LogP contribution in [0.3, 0.4) is 0 Å². The molecule has 0 amide bonds. The maximum Gasteiger partial charge on any atom is 0.147 e. The van der Waals surface area contributed by atoms with Gasteiger partial charge in [0.2, 0.25) is 0 Å². The molecule has 2 aromatic rings. The molecule has 2 aliphatic rings. The number of rotatable bonds is 3. The topological polar surface area (TPSA) is 29.0 Å². The molecule has 1 saturated heterocycles. The molecule has 3 nitrogen and oxygen atoms in total. The summed E-state index contributed by atoms with van der Waals surface area (Å²) in [5, 5.41) is 2.01. The molecule has 1 aliphatic carbocycles. The highest BCUT2D eigenvalue weighted by Crippen LogP contribution is 2.50. The summed E-state index contributed by atoms with van der Waals surface area (Å²) in [6, 6.07) is 5.66. The lowest BCUT2D eigenvalue weighted by atomic mass is 9.71. The Morgan fingerprint density at radius 2 is 1.96 bits per heavy atom. The first-order valence-corrected chi connectivity index (χ1v) is 11.3. The van der Waals surface area contributed by atoms with Gasteiger partial charge in [-0.2, -0.15) is 0 Å². The van der Waals surface area contributed by atoms with Gasteiger partial charge in [-0.1, -0.05) is 60.8 Å². The first-order valence-electron chi connectivity index (χ1n) is 9.69. The van der Waals surface area contributed by atoms with Crippen molar-refractivity contribution in [3.63, 3.8) is 0 Å². The minimum Gasteiger partial charge on any atom is -0.355 e. The highest BCUT2D eigenvalue weighted by Gasteiger charge is 2.42. The summed E-state index contributed by atoms with van der Waals surface area (Å²) in [4.78, 5) is 12.8. The molecule has 1 aromatic carbocycles. The molecule has 27 heavy (non-hydrogen) atoms. The van der Waals surface area contributed by atoms with Gasteiger partial charge in [-0.25, -0.2) is 9.97 Å². The average Bonchev–Trinajstić information content (AvgIpc) is 3.01. The van der Waals surface area contributed by atoms with E-state index < -0.39 is 0 Å². The van der Waals surface area contributed by atoms with Gasteiger partial charge >= 0.3 is 0 Å². The molecule has 0 bridgehead atoms. The highest BCUT2D eigenvalue weighted by molar-refractivity contribution is 7.99. The number of benzene rings is 1. The van der Waals surface area contributed by atoms with Crippen molar-refractivity contribution in [1.29, 1.82) is 0 Å². The first-order chi connectivity index (χ1) is 13.0. The summed E-state index contributed by atoms with van der Waals surface area (Å²) in [5.41, 5.74) is 1.51. The third-order valence-electron chi connectivity index (χ3n) is 6.45. The Morgan fingerprint density at radius 3 is 2.63 bits per heavy atom. The zero-order chi connectivity index (χ0) is 19.0. The van der Waals surface area contributed by atoms with Crippen molar-refractivity contribution in [1.82, 2.24) is 9.97 Å². The number of piperidine rings is 1. The summed E-state index contributed by atoms with van der Waals surface area (Å²) in [6.07, 6.45) is 8.68. The fraction of sp³-hybridized carbons (Fsp3) is 0.524. The molecule has 2 fully saturated rings. The van der Waals surface area contributed by atoms with Crippen molar-refractivity contribution in [3.05, 3.63) is 40.1 Å². The lowest BCUT2D eigenvalue weighted by Crippen LogP contribution is -2.41. The SMILES string of the molecule is Cc1nc(N2CCC3(CCC[C@H]3C)CC2)cnc1Sc1cccc(Cl)c1Cl. The summed E-state index contributed by atoms with van der Waals surface area (Å²) in [6.45, 7) is 6.64. The second-order valence-corrected chi connectivity index (χ2v) is 9.73. The van der Waals surface area contributed by atoms with E-state index in [1.54, 1.807) is 6.07 Å². The molecule has 4 rings (SSSR count). The Kier molecular flexibility index (Phi) is 5.59. The standard InChI is InChI=1S/C21H25Cl2N3S/c1-14-5-4-8-21(14)9-11-26(12-10-21)18-13-24-20(15(2)25-18)27-17-7-3-6-16(22)19(17)23/h3,6-7,13-14H,4-5,8-12H2,1-2H3/t14-/m1/s1. The Balaban J connectivity index is 1.47. The monoisotopic (exact) mass is 421 g/mol. The van der Waals surface area contributed by atoms with Crippen molar-refractivity contribution < 1.29 is 0 Å². The normalized spacial score (nSPS) is 21.8. The van der Waals surface area contributed by atoms with Crippen molar-refractivity contribution >= 4 is 40.8 Å². The second-order valence-electron chi connectivity index (χ2n) is 7.92. The van der Waals surface area contributed by atoms with Gasteiger partial charge in [-0.15, -0.1) is 0 Å². The van der Waals surface area contributed by atoms with Crippen LogP contribution in [0.15, 0.2) is 34.3 Å². The van der Waals surface area contributed by atoms with Crippen LogP contribution in [0, 0.1) is 18.3 Å². The van der Waals surface area contributed by atoms with Gasteiger partial charge in [-0.3, -0.25) is 0 Å². The van der Waals surface area contributed by atoms with Crippen LogP contribution in [0.2, 0.25) is 10.0 Å². The average molecular weight is 422 g/mol. The second kappa shape index (κ2) is 7.81. The number of nitrogens with zero attached hydrogens (tertiary/aromatic N) is 3. The molecular weight excluding hydrogens is 397 g/mol. The lowest BCUT2D eigenvalue weighted by Gasteiger charge is -2.42. The van der Waals surface area contributed by atoms with Crippen LogP contribution in [0.4, 0.5) is 5.82 Å². The zero-order valence-electron chi connectivity index (χ0n) is 15.8. The molecule has 1 aromatic heterocycles. The van der Waals surface area contributed by atoms with E-state index >= 15 is 0 Å². The van der Waals surface area contributed by atoms with Gasteiger partial charge < -0.3 is 4.90 Å². The van der Waals surface area contributed by atoms with Crippen LogP contribution < -0.4 is 4.90 Å². The van der Waals surface area contributed by atoms with Crippen LogP contribution >= 0.6 is 35.0 Å². The van der Waals surface area contributed by atoms with Crippen molar-refractivity contribution in [2.75, 3.05) is 18.0 Å². The molecule has 0 N–H and O–H groups in total. The molecular formula is C21H25Cl2N3S. The third-order valence-corrected chi connectivity index (χ3v) is 8.54. The third kappa shape index (κ3) is 3.81. The Hall–Kier alpha value is -0.970. The highest BCUT2D eigenvalue weighted by atomic mass is 35.5. The Morgan fingerprint density at radius 1 is 1.19 bits per heavy atom. The van der Waals surface area contributed by atoms with E-state index in [9.17, 15) is 0 Å². The van der Waals surface area contributed by atoms with E-state index in [2.05, 4.69) is 16.8 Å². The smallest absolute Gasteiger partial charge is 0.147 e. The molecule has 2 heterocycles. The molecule has 6 heteroatoms. The van der Waals surface area contributed by atoms with Gasteiger partial charge in [-0.05, 0) is 49.7 Å². The predicted molar refractivity (Wildman–Crippen MR) is 114 cm³/mol. The molecule has 0 unspecified atom stereocenters. The van der Waals surface area contributed by atoms with Gasteiger partial charge in [0.15, 0.2) is 0 Å². The minimum atomic E-state index is 0.562. The van der Waals surface area contributed by atoms with E-state index in [0.29, 0.717) is 15.5 Å². The van der Waals surface area contributed by atoms with Gasteiger partial charge in [0.05, 0.1) is 21.9 Å². The van der Waals surface area contributed by atoms with E-state index in [4.69, 9.17) is 28.2 Å². The number of aromatic nitrogens is 2. The van der Waals surface area contributed by atoms with Crippen molar-refractivity contribution in [3.8, 4) is 0 Å². The zero-order valence-corrected chi connectivity index (χ0v) is 18.2. The van der Waals surface area contributed by atoms with Crippen molar-refractivity contribution in [2.24, 2.45) is 11.3 Å². The van der Waals surface area contributed by atoms with E-state index in [-0.39, 0.29) is 0 Å². The van der Waals surface area contributed by atoms with Crippen molar-refractivity contribution in [2.45, 2.75) is 55.9 Å². The Bertz CT molecular complexity index is 834. The number of halogens is 2. The summed E-state index contributed by atoms with van der Waals surface area (Å²) < 4.78 is 0. The molecule has 0 radical (unpaired) electrons. The predicted octanol–water partition coefficient (Wildman–Crippen LogP) is 6.65. The van der Waals surface area contributed by atoms with Gasteiger partial charge in [0.25, 0.3) is 0 Å². The van der Waals surface area contributed by atoms with Crippen LogP contribution in [-0.4, -0.2) is 23.1 Å². The summed E-state index contributed by atoms with van der Waals surface area (Å²) >= 11 is 13.9. The van der Waals surface area contributed by atoms with Crippen LogP contribution in [0.5, 0.6) is 0 Å². The fourth-order valence-corrected chi connectivity index (χ4v) is 5.94. The van der Waals surface area contributed by atoms with Gasteiger partial charge in [0, 0.05) is 18.0 Å². The summed E-state index contributed by atoms with van der Waals surface area (Å²) in [5.74, 6) is 1.86. The quantitative estimate of drug-likeness (QED) is 0.554. The number of hydrogen-bond acceptors (Lipinski definition) is 4. The molecule has 1 saturated carbocycles. The van der Waals surface area contributed by atoms with E-state index in [0.717, 1.165) is 40.4 Å². The number of anilines is 1. The van der Waals surface area contributed by atoms with Crippen LogP contribution in [0.25, 0.3) is 0 Å². The lowest BCUT2D eigenvalue weighted by molar-refractivity contribution is 0.161. The molecule has 1 spiro atoms. The number of aryl methyl sites for hydroxylation is 1. The maximum absolute atomic E-state index is 6.31.